The first-order valence-electron chi connectivity index (χ1n) is 5.44. The van der Waals surface area contributed by atoms with Gasteiger partial charge in [0.25, 0.3) is 5.91 Å². The molecule has 0 saturated carbocycles. The lowest BCUT2D eigenvalue weighted by atomic mass is 10.1. The van der Waals surface area contributed by atoms with Crippen LogP contribution in [0, 0.1) is 0 Å². The van der Waals surface area contributed by atoms with Gasteiger partial charge in [0.2, 0.25) is 0 Å². The largest absolute Gasteiger partial charge is 0.480 e. The van der Waals surface area contributed by atoms with E-state index in [1.807, 2.05) is 0 Å². The molecule has 0 spiro atoms. The number of rotatable bonds is 6. The predicted octanol–water partition coefficient (Wildman–Crippen LogP) is 0.608. The van der Waals surface area contributed by atoms with Crippen molar-refractivity contribution in [2.24, 2.45) is 5.73 Å². The highest BCUT2D eigenvalue weighted by molar-refractivity contribution is 5.96. The number of hydrogen-bond donors (Lipinski definition) is 3. The van der Waals surface area contributed by atoms with E-state index in [4.69, 9.17) is 10.8 Å². The van der Waals surface area contributed by atoms with Crippen molar-refractivity contribution in [3.63, 3.8) is 0 Å². The number of carboxylic acid groups (broad SMARTS) is 1. The highest BCUT2D eigenvalue weighted by atomic mass is 16.4. The molecule has 0 aliphatic heterocycles. The van der Waals surface area contributed by atoms with Gasteiger partial charge in [0, 0.05) is 5.56 Å². The van der Waals surface area contributed by atoms with E-state index in [1.54, 1.807) is 30.3 Å². The summed E-state index contributed by atoms with van der Waals surface area (Å²) in [6.45, 7) is 0.408. The van der Waals surface area contributed by atoms with Gasteiger partial charge >= 0.3 is 5.97 Å². The van der Waals surface area contributed by atoms with Crippen molar-refractivity contribution in [1.29, 1.82) is 0 Å². The molecule has 1 amide bonds. The Labute approximate surface area is 99.6 Å². The van der Waals surface area contributed by atoms with Gasteiger partial charge in [0.05, 0.1) is 0 Å². The molecule has 0 heterocycles. The smallest absolute Gasteiger partial charge is 0.326 e. The molecule has 0 radical (unpaired) electrons. The second kappa shape index (κ2) is 6.65. The number of carbonyl (C=O) groups excluding carboxylic acids is 1. The van der Waals surface area contributed by atoms with Crippen molar-refractivity contribution in [2.75, 3.05) is 6.54 Å². The molecule has 0 aromatic heterocycles. The first-order valence-corrected chi connectivity index (χ1v) is 5.44. The fraction of sp³-hybridized carbons (Fsp3) is 0.333. The van der Waals surface area contributed by atoms with Gasteiger partial charge < -0.3 is 16.2 Å². The Morgan fingerprint density at radius 1 is 1.29 bits per heavy atom. The van der Waals surface area contributed by atoms with Gasteiger partial charge in [-0.3, -0.25) is 4.79 Å². The molecule has 0 unspecified atom stereocenters. The van der Waals surface area contributed by atoms with Crippen LogP contribution in [-0.4, -0.2) is 29.6 Å². The average molecular weight is 236 g/mol. The Morgan fingerprint density at radius 2 is 1.94 bits per heavy atom. The lowest BCUT2D eigenvalue weighted by molar-refractivity contribution is -0.139. The summed E-state index contributed by atoms with van der Waals surface area (Å²) in [5.41, 5.74) is 5.76. The highest BCUT2D eigenvalue weighted by Crippen LogP contribution is 2.02. The summed E-state index contributed by atoms with van der Waals surface area (Å²) in [5.74, 6) is -1.42. The van der Waals surface area contributed by atoms with Crippen LogP contribution >= 0.6 is 0 Å². The first kappa shape index (κ1) is 13.2. The molecule has 0 aliphatic rings. The third kappa shape index (κ3) is 4.24. The van der Waals surface area contributed by atoms with Gasteiger partial charge in [-0.2, -0.15) is 0 Å². The monoisotopic (exact) mass is 236 g/mol. The number of benzene rings is 1. The van der Waals surface area contributed by atoms with Gasteiger partial charge in [-0.1, -0.05) is 18.2 Å². The molecule has 1 aromatic carbocycles. The van der Waals surface area contributed by atoms with Gasteiger partial charge in [0.15, 0.2) is 0 Å². The fourth-order valence-electron chi connectivity index (χ4n) is 1.41. The maximum absolute atomic E-state index is 11.7. The van der Waals surface area contributed by atoms with Crippen molar-refractivity contribution < 1.29 is 14.7 Å². The van der Waals surface area contributed by atoms with E-state index in [2.05, 4.69) is 5.32 Å². The van der Waals surface area contributed by atoms with E-state index in [0.717, 1.165) is 0 Å². The molecule has 17 heavy (non-hydrogen) atoms. The Kier molecular flexibility index (Phi) is 5.16. The van der Waals surface area contributed by atoms with Crippen molar-refractivity contribution in [1.82, 2.24) is 5.32 Å². The van der Waals surface area contributed by atoms with Crippen LogP contribution in [-0.2, 0) is 4.79 Å². The SMILES string of the molecule is NCCC[C@H](NC(=O)c1ccccc1)C(=O)O. The lowest BCUT2D eigenvalue weighted by Gasteiger charge is -2.13. The molecule has 0 fully saturated rings. The molecule has 0 saturated heterocycles. The summed E-state index contributed by atoms with van der Waals surface area (Å²) in [7, 11) is 0. The molecule has 1 rings (SSSR count). The Morgan fingerprint density at radius 3 is 2.47 bits per heavy atom. The van der Waals surface area contributed by atoms with Gasteiger partial charge in [0.1, 0.15) is 6.04 Å². The Bertz CT molecular complexity index is 379. The number of hydrogen-bond acceptors (Lipinski definition) is 3. The van der Waals surface area contributed by atoms with Crippen LogP contribution in [0.4, 0.5) is 0 Å². The van der Waals surface area contributed by atoms with Crippen LogP contribution in [0.2, 0.25) is 0 Å². The lowest BCUT2D eigenvalue weighted by Crippen LogP contribution is -2.41. The molecular formula is C12H16N2O3. The minimum Gasteiger partial charge on any atom is -0.480 e. The van der Waals surface area contributed by atoms with Crippen LogP contribution < -0.4 is 11.1 Å². The summed E-state index contributed by atoms with van der Waals surface area (Å²) in [5, 5.41) is 11.4. The van der Waals surface area contributed by atoms with Crippen LogP contribution in [0.1, 0.15) is 23.2 Å². The molecule has 0 aliphatic carbocycles. The first-order chi connectivity index (χ1) is 8.15. The number of carbonyl (C=O) groups is 2. The zero-order valence-electron chi connectivity index (χ0n) is 9.43. The zero-order chi connectivity index (χ0) is 12.7. The molecule has 1 atom stereocenters. The summed E-state index contributed by atoms with van der Waals surface area (Å²) in [6.07, 6.45) is 0.899. The second-order valence-electron chi connectivity index (χ2n) is 3.66. The number of nitrogens with two attached hydrogens (primary N) is 1. The summed E-state index contributed by atoms with van der Waals surface area (Å²) in [4.78, 5) is 22.6. The molecule has 5 nitrogen and oxygen atoms in total. The second-order valence-corrected chi connectivity index (χ2v) is 3.66. The fourth-order valence-corrected chi connectivity index (χ4v) is 1.41. The van der Waals surface area contributed by atoms with Crippen LogP contribution in [0.3, 0.4) is 0 Å². The standard InChI is InChI=1S/C12H16N2O3/c13-8-4-7-10(12(16)17)14-11(15)9-5-2-1-3-6-9/h1-3,5-6,10H,4,7-8,13H2,(H,14,15)(H,16,17)/t10-/m0/s1. The van der Waals surface area contributed by atoms with Crippen molar-refractivity contribution >= 4 is 11.9 Å². The van der Waals surface area contributed by atoms with Crippen molar-refractivity contribution in [2.45, 2.75) is 18.9 Å². The van der Waals surface area contributed by atoms with Crippen LogP contribution in [0.25, 0.3) is 0 Å². The third-order valence-electron chi connectivity index (χ3n) is 2.34. The third-order valence-corrected chi connectivity index (χ3v) is 2.34. The molecular weight excluding hydrogens is 220 g/mol. The van der Waals surface area contributed by atoms with E-state index in [0.29, 0.717) is 24.9 Å². The van der Waals surface area contributed by atoms with E-state index in [-0.39, 0.29) is 5.91 Å². The molecule has 92 valence electrons. The van der Waals surface area contributed by atoms with Crippen molar-refractivity contribution in [3.05, 3.63) is 35.9 Å². The molecule has 5 heteroatoms. The van der Waals surface area contributed by atoms with Crippen LogP contribution in [0.15, 0.2) is 30.3 Å². The van der Waals surface area contributed by atoms with Gasteiger partial charge in [-0.15, -0.1) is 0 Å². The molecule has 0 bridgehead atoms. The van der Waals surface area contributed by atoms with Crippen molar-refractivity contribution in [3.8, 4) is 0 Å². The quantitative estimate of drug-likeness (QED) is 0.674. The number of carboxylic acids is 1. The van der Waals surface area contributed by atoms with E-state index in [9.17, 15) is 9.59 Å². The average Bonchev–Trinajstić information content (AvgIpc) is 2.35. The minimum absolute atomic E-state index is 0.338. The normalized spacial score (nSPS) is 11.8. The van der Waals surface area contributed by atoms with Crippen LogP contribution in [0.5, 0.6) is 0 Å². The Balaban J connectivity index is 2.61. The van der Waals surface area contributed by atoms with Gasteiger partial charge in [-0.05, 0) is 31.5 Å². The Hall–Kier alpha value is -1.88. The topological polar surface area (TPSA) is 92.4 Å². The molecule has 4 N–H and O–H groups in total. The zero-order valence-corrected chi connectivity index (χ0v) is 9.43. The number of nitrogens with one attached hydrogen (secondary N) is 1. The van der Waals surface area contributed by atoms with E-state index in [1.165, 1.54) is 0 Å². The minimum atomic E-state index is -1.04. The summed E-state index contributed by atoms with van der Waals surface area (Å²) in [6, 6.07) is 7.63. The number of amides is 1. The highest BCUT2D eigenvalue weighted by Gasteiger charge is 2.19. The number of aliphatic carboxylic acids is 1. The maximum atomic E-state index is 11.7. The van der Waals surface area contributed by atoms with Gasteiger partial charge in [-0.25, -0.2) is 4.79 Å². The summed E-state index contributed by atoms with van der Waals surface area (Å²) < 4.78 is 0. The van der Waals surface area contributed by atoms with E-state index < -0.39 is 12.0 Å². The van der Waals surface area contributed by atoms with E-state index >= 15 is 0 Å². The predicted molar refractivity (Wildman–Crippen MR) is 63.6 cm³/mol. The maximum Gasteiger partial charge on any atom is 0.326 e. The summed E-state index contributed by atoms with van der Waals surface area (Å²) >= 11 is 0. The molecule has 1 aromatic rings.